The van der Waals surface area contributed by atoms with Crippen LogP contribution in [-0.2, 0) is 0 Å². The Bertz CT molecular complexity index is 208. The molecule has 1 nitrogen and oxygen atoms in total. The molecule has 0 bridgehead atoms. The summed E-state index contributed by atoms with van der Waals surface area (Å²) in [4.78, 5) is 0. The first-order valence-electron chi connectivity index (χ1n) is 7.63. The van der Waals surface area contributed by atoms with E-state index in [4.69, 9.17) is 5.11 Å². The molecule has 1 saturated carbocycles. The van der Waals surface area contributed by atoms with Gasteiger partial charge in [-0.15, -0.1) is 0 Å². The predicted octanol–water partition coefficient (Wildman–Crippen LogP) is 4.64. The highest BCUT2D eigenvalue weighted by Crippen LogP contribution is 2.47. The van der Waals surface area contributed by atoms with Gasteiger partial charge in [-0.2, -0.15) is 0 Å². The second-order valence-corrected chi connectivity index (χ2v) is 6.76. The topological polar surface area (TPSA) is 20.2 Å². The maximum absolute atomic E-state index is 9.03. The van der Waals surface area contributed by atoms with Crippen molar-refractivity contribution < 1.29 is 5.11 Å². The van der Waals surface area contributed by atoms with Crippen LogP contribution in [0.2, 0.25) is 0 Å². The van der Waals surface area contributed by atoms with Gasteiger partial charge in [0.15, 0.2) is 0 Å². The summed E-state index contributed by atoms with van der Waals surface area (Å²) < 4.78 is 0. The highest BCUT2D eigenvalue weighted by Gasteiger charge is 2.38. The number of rotatable bonds is 6. The van der Waals surface area contributed by atoms with Crippen molar-refractivity contribution in [2.24, 2.45) is 23.2 Å². The number of hydrogen-bond acceptors (Lipinski definition) is 1. The fourth-order valence-corrected chi connectivity index (χ4v) is 4.05. The number of aliphatic hydroxyl groups excluding tert-OH is 1. The van der Waals surface area contributed by atoms with E-state index in [1.165, 1.54) is 38.5 Å². The summed E-state index contributed by atoms with van der Waals surface area (Å²) in [5, 5.41) is 9.03. The maximum Gasteiger partial charge on any atom is 0.0431 e. The molecule has 1 fully saturated rings. The Morgan fingerprint density at radius 1 is 1.24 bits per heavy atom. The van der Waals surface area contributed by atoms with E-state index in [2.05, 4.69) is 27.7 Å². The van der Waals surface area contributed by atoms with Crippen molar-refractivity contribution >= 4 is 0 Å². The van der Waals surface area contributed by atoms with Crippen molar-refractivity contribution in [2.75, 3.05) is 6.61 Å². The summed E-state index contributed by atoms with van der Waals surface area (Å²) in [6.07, 6.45) is 9.15. The van der Waals surface area contributed by atoms with Gasteiger partial charge >= 0.3 is 0 Å². The second-order valence-electron chi connectivity index (χ2n) is 6.76. The molecule has 1 N–H and O–H groups in total. The zero-order valence-corrected chi connectivity index (χ0v) is 12.3. The molecule has 3 unspecified atom stereocenters. The quantitative estimate of drug-likeness (QED) is 0.717. The molecule has 0 spiro atoms. The van der Waals surface area contributed by atoms with Crippen LogP contribution in [-0.4, -0.2) is 11.7 Å². The highest BCUT2D eigenvalue weighted by atomic mass is 16.2. The molecule has 1 aliphatic rings. The molecule has 1 heteroatoms. The average molecular weight is 240 g/mol. The second kappa shape index (κ2) is 6.78. The lowest BCUT2D eigenvalue weighted by Gasteiger charge is -2.45. The predicted molar refractivity (Wildman–Crippen MR) is 75.0 cm³/mol. The zero-order chi connectivity index (χ0) is 12.9. The molecule has 0 aliphatic heterocycles. The van der Waals surface area contributed by atoms with Gasteiger partial charge in [-0.05, 0) is 42.4 Å². The van der Waals surface area contributed by atoms with Gasteiger partial charge in [0, 0.05) is 6.61 Å². The molecular weight excluding hydrogens is 208 g/mol. The Kier molecular flexibility index (Phi) is 5.99. The third-order valence-electron chi connectivity index (χ3n) is 5.11. The molecule has 0 amide bonds. The lowest BCUT2D eigenvalue weighted by atomic mass is 9.60. The first kappa shape index (κ1) is 15.0. The van der Waals surface area contributed by atoms with Crippen LogP contribution >= 0.6 is 0 Å². The Morgan fingerprint density at radius 2 is 1.94 bits per heavy atom. The van der Waals surface area contributed by atoms with E-state index in [1.807, 2.05) is 0 Å². The summed E-state index contributed by atoms with van der Waals surface area (Å²) in [7, 11) is 0. The van der Waals surface area contributed by atoms with Gasteiger partial charge < -0.3 is 5.11 Å². The lowest BCUT2D eigenvalue weighted by Crippen LogP contribution is -2.36. The molecule has 0 heterocycles. The van der Waals surface area contributed by atoms with Crippen LogP contribution in [0.3, 0.4) is 0 Å². The molecule has 102 valence electrons. The van der Waals surface area contributed by atoms with Gasteiger partial charge in [-0.3, -0.25) is 0 Å². The summed E-state index contributed by atoms with van der Waals surface area (Å²) >= 11 is 0. The van der Waals surface area contributed by atoms with Gasteiger partial charge in [-0.1, -0.05) is 53.4 Å². The monoisotopic (exact) mass is 240 g/mol. The van der Waals surface area contributed by atoms with Crippen molar-refractivity contribution in [1.29, 1.82) is 0 Å². The summed E-state index contributed by atoms with van der Waals surface area (Å²) in [5.41, 5.74) is 0.411. The summed E-state index contributed by atoms with van der Waals surface area (Å²) in [6.45, 7) is 9.97. The first-order chi connectivity index (χ1) is 8.03. The standard InChI is InChI=1S/C16H32O/c1-5-8-14-9-6-10-15(13(14)2)16(3,4)11-7-12-17/h13-15,17H,5-12H2,1-4H3. The molecule has 3 atom stereocenters. The van der Waals surface area contributed by atoms with Crippen molar-refractivity contribution in [3.05, 3.63) is 0 Å². The fourth-order valence-electron chi connectivity index (χ4n) is 4.05. The van der Waals surface area contributed by atoms with E-state index in [9.17, 15) is 0 Å². The van der Waals surface area contributed by atoms with Crippen molar-refractivity contribution in [3.8, 4) is 0 Å². The minimum atomic E-state index is 0.350. The van der Waals surface area contributed by atoms with Crippen molar-refractivity contribution in [2.45, 2.75) is 72.6 Å². The van der Waals surface area contributed by atoms with Crippen LogP contribution < -0.4 is 0 Å². The largest absolute Gasteiger partial charge is 0.396 e. The van der Waals surface area contributed by atoms with E-state index < -0.39 is 0 Å². The van der Waals surface area contributed by atoms with Gasteiger partial charge in [-0.25, -0.2) is 0 Å². The molecule has 17 heavy (non-hydrogen) atoms. The maximum atomic E-state index is 9.03. The van der Waals surface area contributed by atoms with Crippen LogP contribution in [0.25, 0.3) is 0 Å². The Balaban J connectivity index is 2.61. The number of hydrogen-bond donors (Lipinski definition) is 1. The molecule has 1 aliphatic carbocycles. The van der Waals surface area contributed by atoms with Crippen LogP contribution in [0.1, 0.15) is 72.6 Å². The lowest BCUT2D eigenvalue weighted by molar-refractivity contribution is 0.0457. The van der Waals surface area contributed by atoms with E-state index in [0.29, 0.717) is 12.0 Å². The molecule has 0 aromatic heterocycles. The minimum absolute atomic E-state index is 0.350. The van der Waals surface area contributed by atoms with Gasteiger partial charge in [0.05, 0.1) is 0 Å². The Labute approximate surface area is 108 Å². The van der Waals surface area contributed by atoms with Gasteiger partial charge in [0.25, 0.3) is 0 Å². The van der Waals surface area contributed by atoms with Gasteiger partial charge in [0.2, 0.25) is 0 Å². The van der Waals surface area contributed by atoms with E-state index in [0.717, 1.165) is 24.2 Å². The summed E-state index contributed by atoms with van der Waals surface area (Å²) in [5.74, 6) is 2.68. The fraction of sp³-hybridized carbons (Fsp3) is 1.00. The van der Waals surface area contributed by atoms with Crippen LogP contribution in [0, 0.1) is 23.2 Å². The SMILES string of the molecule is CCCC1CCCC(C(C)(C)CCCO)C1C. The van der Waals surface area contributed by atoms with Crippen LogP contribution in [0.15, 0.2) is 0 Å². The molecule has 0 saturated heterocycles. The molecule has 1 rings (SSSR count). The van der Waals surface area contributed by atoms with Crippen LogP contribution in [0.5, 0.6) is 0 Å². The molecule has 0 aromatic rings. The number of aliphatic hydroxyl groups is 1. The molecule has 0 radical (unpaired) electrons. The average Bonchev–Trinajstić information content (AvgIpc) is 2.29. The van der Waals surface area contributed by atoms with E-state index >= 15 is 0 Å². The van der Waals surface area contributed by atoms with E-state index in [-0.39, 0.29) is 0 Å². The zero-order valence-electron chi connectivity index (χ0n) is 12.3. The Hall–Kier alpha value is -0.0400. The first-order valence-corrected chi connectivity index (χ1v) is 7.63. The molecule has 0 aromatic carbocycles. The van der Waals surface area contributed by atoms with Crippen LogP contribution in [0.4, 0.5) is 0 Å². The highest BCUT2D eigenvalue weighted by molar-refractivity contribution is 4.88. The van der Waals surface area contributed by atoms with Crippen molar-refractivity contribution in [1.82, 2.24) is 0 Å². The summed E-state index contributed by atoms with van der Waals surface area (Å²) in [6, 6.07) is 0. The van der Waals surface area contributed by atoms with Gasteiger partial charge in [0.1, 0.15) is 0 Å². The molecular formula is C16H32O. The minimum Gasteiger partial charge on any atom is -0.396 e. The van der Waals surface area contributed by atoms with Crippen molar-refractivity contribution in [3.63, 3.8) is 0 Å². The third kappa shape index (κ3) is 3.98. The van der Waals surface area contributed by atoms with E-state index in [1.54, 1.807) is 0 Å². The smallest absolute Gasteiger partial charge is 0.0431 e. The normalized spacial score (nSPS) is 30.5. The Morgan fingerprint density at radius 3 is 2.53 bits per heavy atom. The third-order valence-corrected chi connectivity index (χ3v) is 5.11.